The number of hydrogen-bond donors (Lipinski definition) is 1. The largest absolute Gasteiger partial charge is 0.315 e. The van der Waals surface area contributed by atoms with Gasteiger partial charge in [-0.05, 0) is 32.2 Å². The van der Waals surface area contributed by atoms with E-state index in [-0.39, 0.29) is 0 Å². The van der Waals surface area contributed by atoms with E-state index in [2.05, 4.69) is 35.8 Å². The molecule has 0 bridgehead atoms. The number of hydrogen-bond acceptors (Lipinski definition) is 3. The van der Waals surface area contributed by atoms with Crippen molar-refractivity contribution >= 4 is 11.8 Å². The van der Waals surface area contributed by atoms with Gasteiger partial charge in [-0.1, -0.05) is 6.92 Å². The van der Waals surface area contributed by atoms with Crippen LogP contribution in [-0.2, 0) is 0 Å². The fourth-order valence-corrected chi connectivity index (χ4v) is 2.59. The summed E-state index contributed by atoms with van der Waals surface area (Å²) >= 11 is 2.10. The predicted octanol–water partition coefficient (Wildman–Crippen LogP) is 1.42. The number of nitrogens with one attached hydrogen (secondary N) is 1. The van der Waals surface area contributed by atoms with Crippen LogP contribution in [0.15, 0.2) is 0 Å². The number of nitrogens with zero attached hydrogens (tertiary/aromatic N) is 1. The molecule has 13 heavy (non-hydrogen) atoms. The second-order valence-corrected chi connectivity index (χ2v) is 4.88. The van der Waals surface area contributed by atoms with Gasteiger partial charge in [0.15, 0.2) is 0 Å². The fourth-order valence-electron chi connectivity index (χ4n) is 1.69. The third kappa shape index (κ3) is 4.34. The first-order chi connectivity index (χ1) is 6.34. The summed E-state index contributed by atoms with van der Waals surface area (Å²) in [5.41, 5.74) is 0. The lowest BCUT2D eigenvalue weighted by molar-refractivity contribution is 0.221. The SMILES string of the molecule is CCNCC(C)N1CCCSCC1. The lowest BCUT2D eigenvalue weighted by Crippen LogP contribution is -2.41. The van der Waals surface area contributed by atoms with Crippen LogP contribution in [0.25, 0.3) is 0 Å². The molecule has 2 nitrogen and oxygen atoms in total. The smallest absolute Gasteiger partial charge is 0.0192 e. The summed E-state index contributed by atoms with van der Waals surface area (Å²) in [4.78, 5) is 2.61. The van der Waals surface area contributed by atoms with Crippen molar-refractivity contribution < 1.29 is 0 Å². The second-order valence-electron chi connectivity index (χ2n) is 3.66. The highest BCUT2D eigenvalue weighted by Gasteiger charge is 2.14. The Labute approximate surface area is 86.5 Å². The van der Waals surface area contributed by atoms with Crippen LogP contribution in [0.5, 0.6) is 0 Å². The molecule has 0 aromatic carbocycles. The zero-order valence-corrected chi connectivity index (χ0v) is 9.70. The normalized spacial score (nSPS) is 22.6. The Morgan fingerprint density at radius 3 is 3.00 bits per heavy atom. The number of likely N-dealkylation sites (N-methyl/N-ethyl adjacent to an activating group) is 1. The van der Waals surface area contributed by atoms with Crippen LogP contribution in [0, 0.1) is 0 Å². The van der Waals surface area contributed by atoms with E-state index in [0.717, 1.165) is 13.1 Å². The first-order valence-corrected chi connectivity index (χ1v) is 6.52. The Bertz CT molecular complexity index is 122. The molecule has 0 aromatic rings. The Kier molecular flexibility index (Phi) is 5.83. The zero-order valence-electron chi connectivity index (χ0n) is 8.88. The van der Waals surface area contributed by atoms with E-state index in [1.807, 2.05) is 0 Å². The molecule has 1 saturated heterocycles. The molecule has 1 fully saturated rings. The maximum Gasteiger partial charge on any atom is 0.0192 e. The first-order valence-electron chi connectivity index (χ1n) is 5.37. The van der Waals surface area contributed by atoms with Gasteiger partial charge in [0, 0.05) is 24.9 Å². The van der Waals surface area contributed by atoms with Gasteiger partial charge >= 0.3 is 0 Å². The van der Waals surface area contributed by atoms with Gasteiger partial charge < -0.3 is 5.32 Å². The summed E-state index contributed by atoms with van der Waals surface area (Å²) in [5.74, 6) is 2.67. The fraction of sp³-hybridized carbons (Fsp3) is 1.00. The molecule has 1 rings (SSSR count). The van der Waals surface area contributed by atoms with Crippen LogP contribution in [-0.4, -0.2) is 48.6 Å². The monoisotopic (exact) mass is 202 g/mol. The standard InChI is InChI=1S/C10H22N2S/c1-3-11-9-10(2)12-5-4-7-13-8-6-12/h10-11H,3-9H2,1-2H3. The molecule has 78 valence electrons. The van der Waals surface area contributed by atoms with Crippen LogP contribution >= 0.6 is 11.8 Å². The van der Waals surface area contributed by atoms with Gasteiger partial charge in [-0.15, -0.1) is 0 Å². The van der Waals surface area contributed by atoms with Crippen molar-refractivity contribution in [1.82, 2.24) is 10.2 Å². The molecule has 0 spiro atoms. The Hall–Kier alpha value is 0.270. The minimum absolute atomic E-state index is 0.707. The van der Waals surface area contributed by atoms with Gasteiger partial charge in [-0.2, -0.15) is 11.8 Å². The summed E-state index contributed by atoms with van der Waals surface area (Å²) in [6, 6.07) is 0.707. The van der Waals surface area contributed by atoms with Crippen molar-refractivity contribution in [3.63, 3.8) is 0 Å². The van der Waals surface area contributed by atoms with Gasteiger partial charge in [0.05, 0.1) is 0 Å². The van der Waals surface area contributed by atoms with Crippen LogP contribution in [0.2, 0.25) is 0 Å². The Morgan fingerprint density at radius 1 is 1.38 bits per heavy atom. The van der Waals surface area contributed by atoms with Gasteiger partial charge in [0.2, 0.25) is 0 Å². The van der Waals surface area contributed by atoms with Crippen molar-refractivity contribution in [2.24, 2.45) is 0 Å². The maximum atomic E-state index is 3.42. The van der Waals surface area contributed by atoms with Crippen molar-refractivity contribution in [1.29, 1.82) is 0 Å². The predicted molar refractivity (Wildman–Crippen MR) is 61.5 cm³/mol. The van der Waals surface area contributed by atoms with Crippen LogP contribution in [0.4, 0.5) is 0 Å². The second kappa shape index (κ2) is 6.68. The van der Waals surface area contributed by atoms with E-state index >= 15 is 0 Å². The minimum atomic E-state index is 0.707. The topological polar surface area (TPSA) is 15.3 Å². The van der Waals surface area contributed by atoms with Gasteiger partial charge in [0.25, 0.3) is 0 Å². The molecule has 0 aromatic heterocycles. The lowest BCUT2D eigenvalue weighted by atomic mass is 10.2. The van der Waals surface area contributed by atoms with Gasteiger partial charge in [0.1, 0.15) is 0 Å². The molecular weight excluding hydrogens is 180 g/mol. The van der Waals surface area contributed by atoms with Crippen molar-refractivity contribution in [3.05, 3.63) is 0 Å². The van der Waals surface area contributed by atoms with E-state index < -0.39 is 0 Å². The highest BCUT2D eigenvalue weighted by molar-refractivity contribution is 7.99. The molecule has 0 radical (unpaired) electrons. The Morgan fingerprint density at radius 2 is 2.23 bits per heavy atom. The summed E-state index contributed by atoms with van der Waals surface area (Å²) in [7, 11) is 0. The van der Waals surface area contributed by atoms with Gasteiger partial charge in [-0.3, -0.25) is 4.90 Å². The van der Waals surface area contributed by atoms with Gasteiger partial charge in [-0.25, -0.2) is 0 Å². The minimum Gasteiger partial charge on any atom is -0.315 e. The van der Waals surface area contributed by atoms with E-state index in [1.54, 1.807) is 0 Å². The zero-order chi connectivity index (χ0) is 9.52. The molecule has 1 N–H and O–H groups in total. The molecule has 1 heterocycles. The summed E-state index contributed by atoms with van der Waals surface area (Å²) in [6.07, 6.45) is 1.36. The van der Waals surface area contributed by atoms with Crippen molar-refractivity contribution in [3.8, 4) is 0 Å². The van der Waals surface area contributed by atoms with E-state index in [1.165, 1.54) is 31.0 Å². The summed E-state index contributed by atoms with van der Waals surface area (Å²) in [5, 5.41) is 3.42. The lowest BCUT2D eigenvalue weighted by Gasteiger charge is -2.27. The summed E-state index contributed by atoms with van der Waals surface area (Å²) < 4.78 is 0. The van der Waals surface area contributed by atoms with Crippen molar-refractivity contribution in [2.75, 3.05) is 37.7 Å². The number of rotatable bonds is 4. The maximum absolute atomic E-state index is 3.42. The molecule has 1 aliphatic heterocycles. The molecule has 1 atom stereocenters. The average molecular weight is 202 g/mol. The molecule has 0 saturated carbocycles. The third-order valence-corrected chi connectivity index (χ3v) is 3.62. The number of thioether (sulfide) groups is 1. The average Bonchev–Trinajstić information content (AvgIpc) is 2.42. The van der Waals surface area contributed by atoms with Crippen LogP contribution < -0.4 is 5.32 Å². The van der Waals surface area contributed by atoms with Crippen LogP contribution in [0.1, 0.15) is 20.3 Å². The summed E-state index contributed by atoms with van der Waals surface area (Å²) in [6.45, 7) is 9.30. The molecule has 0 aliphatic carbocycles. The molecule has 0 amide bonds. The Balaban J connectivity index is 2.22. The molecule has 1 unspecified atom stereocenters. The molecule has 1 aliphatic rings. The highest BCUT2D eigenvalue weighted by atomic mass is 32.2. The highest BCUT2D eigenvalue weighted by Crippen LogP contribution is 2.11. The van der Waals surface area contributed by atoms with Crippen molar-refractivity contribution in [2.45, 2.75) is 26.3 Å². The van der Waals surface area contributed by atoms with E-state index in [9.17, 15) is 0 Å². The molecular formula is C10H22N2S. The van der Waals surface area contributed by atoms with E-state index in [4.69, 9.17) is 0 Å². The third-order valence-electron chi connectivity index (χ3n) is 2.57. The van der Waals surface area contributed by atoms with Crippen LogP contribution in [0.3, 0.4) is 0 Å². The van der Waals surface area contributed by atoms with E-state index in [0.29, 0.717) is 6.04 Å². The first kappa shape index (κ1) is 11.3. The molecule has 3 heteroatoms. The quantitative estimate of drug-likeness (QED) is 0.742.